The second-order valence-electron chi connectivity index (χ2n) is 15.7. The zero-order chi connectivity index (χ0) is 40.5. The van der Waals surface area contributed by atoms with E-state index in [0.717, 1.165) is 22.3 Å². The molecule has 0 spiro atoms. The number of nitrogens with zero attached hydrogens (tertiary/aromatic N) is 5. The van der Waals surface area contributed by atoms with E-state index in [0.29, 0.717) is 22.1 Å². The molecule has 0 bridgehead atoms. The summed E-state index contributed by atoms with van der Waals surface area (Å²) in [4.78, 5) is 54.8. The largest absolute Gasteiger partial charge is 0.496 e. The Morgan fingerprint density at radius 3 is 1.97 bits per heavy atom. The maximum atomic E-state index is 16.0. The molecule has 4 heterocycles. The number of imidazole rings is 1. The average Bonchev–Trinajstić information content (AvgIpc) is 4.05. The molecule has 0 radical (unpaired) electrons. The SMILES string of the molecule is COc1cc(C(=O)N2[C@@H](c3nccs3)[C@@H](c3cnccn3)C[C@@]2(C(=O)O)C(c2cnc[nH]2)C(c2ccccc2)(c2ccccc2)c2ccccc2)ccc1C(C)(C)C. The summed E-state index contributed by atoms with van der Waals surface area (Å²) in [5, 5.41) is 14.9. The van der Waals surface area contributed by atoms with Crippen LogP contribution < -0.4 is 4.74 Å². The number of likely N-dealkylation sites (tertiary alicyclic amines) is 1. The molecule has 4 aromatic carbocycles. The van der Waals surface area contributed by atoms with Crippen molar-refractivity contribution in [2.24, 2.45) is 0 Å². The van der Waals surface area contributed by atoms with E-state index >= 15 is 9.59 Å². The van der Waals surface area contributed by atoms with Crippen molar-refractivity contribution in [3.63, 3.8) is 0 Å². The molecule has 4 atom stereocenters. The first-order chi connectivity index (χ1) is 28.1. The van der Waals surface area contributed by atoms with Crippen molar-refractivity contribution >= 4 is 23.2 Å². The zero-order valence-electron chi connectivity index (χ0n) is 32.7. The molecule has 1 saturated heterocycles. The number of hydrogen-bond acceptors (Lipinski definition) is 8. The quantitative estimate of drug-likeness (QED) is 0.124. The molecule has 58 heavy (non-hydrogen) atoms. The number of aliphatic carboxylic acids is 1. The Labute approximate surface area is 341 Å². The molecular weight excluding hydrogens is 745 g/mol. The summed E-state index contributed by atoms with van der Waals surface area (Å²) in [5.74, 6) is -2.80. The maximum Gasteiger partial charge on any atom is 0.330 e. The fraction of sp³-hybridized carbons (Fsp3) is 0.234. The van der Waals surface area contributed by atoms with Crippen LogP contribution in [0.1, 0.15) is 94.1 Å². The van der Waals surface area contributed by atoms with E-state index in [1.807, 2.05) is 102 Å². The van der Waals surface area contributed by atoms with Gasteiger partial charge in [-0.1, -0.05) is 118 Å². The molecule has 1 unspecified atom stereocenters. The number of carbonyl (C=O) groups excluding carboxylic acids is 1. The van der Waals surface area contributed by atoms with Gasteiger partial charge >= 0.3 is 5.97 Å². The van der Waals surface area contributed by atoms with Crippen LogP contribution in [0.4, 0.5) is 0 Å². The standard InChI is InChI=1S/C47H44N6O4S/c1-45(2,3)36-21-20-31(26-39(36)57-4)43(54)53-40(42-51-24-25-58-42)35(37-28-48-22-23-50-37)27-46(53,44(55)56)41(38-29-49-30-52-38)47(32-14-8-5-9-15-32,33-16-10-6-11-17-33)34-18-12-7-13-19-34/h5-26,28-30,35,40-41H,27H2,1-4H3,(H,49,52)(H,55,56)/t35-,40-,41?,46+/m1/s1. The summed E-state index contributed by atoms with van der Waals surface area (Å²) in [5.41, 5.74) is 1.28. The Kier molecular flexibility index (Phi) is 10.2. The van der Waals surface area contributed by atoms with Crippen molar-refractivity contribution in [1.82, 2.24) is 29.8 Å². The van der Waals surface area contributed by atoms with Crippen LogP contribution in [0.15, 0.2) is 152 Å². The van der Waals surface area contributed by atoms with Gasteiger partial charge in [-0.2, -0.15) is 0 Å². The molecule has 1 fully saturated rings. The molecular formula is C47H44N6O4S. The van der Waals surface area contributed by atoms with E-state index in [2.05, 4.69) is 35.7 Å². The number of benzene rings is 4. The first-order valence-electron chi connectivity index (χ1n) is 19.2. The first-order valence-corrected chi connectivity index (χ1v) is 20.1. The molecule has 10 nitrogen and oxygen atoms in total. The van der Waals surface area contributed by atoms with Crippen LogP contribution in [0, 0.1) is 0 Å². The Balaban J connectivity index is 1.53. The third kappa shape index (κ3) is 6.35. The van der Waals surface area contributed by atoms with Crippen LogP contribution in [0.25, 0.3) is 0 Å². The highest BCUT2D eigenvalue weighted by Crippen LogP contribution is 2.63. The number of amides is 1. The van der Waals surface area contributed by atoms with Crippen molar-refractivity contribution in [2.75, 3.05) is 7.11 Å². The number of carboxylic acid groups (broad SMARTS) is 1. The molecule has 0 saturated carbocycles. The van der Waals surface area contributed by atoms with Crippen LogP contribution >= 0.6 is 11.3 Å². The summed E-state index contributed by atoms with van der Waals surface area (Å²) < 4.78 is 5.92. The van der Waals surface area contributed by atoms with Crippen molar-refractivity contribution in [3.05, 3.63) is 196 Å². The molecule has 1 aliphatic heterocycles. The molecule has 0 aliphatic carbocycles. The first kappa shape index (κ1) is 38.4. The lowest BCUT2D eigenvalue weighted by Gasteiger charge is -2.52. The van der Waals surface area contributed by atoms with Gasteiger partial charge in [-0.15, -0.1) is 11.3 Å². The van der Waals surface area contributed by atoms with Crippen molar-refractivity contribution in [1.29, 1.82) is 0 Å². The highest BCUT2D eigenvalue weighted by atomic mass is 32.1. The molecule has 8 rings (SSSR count). The summed E-state index contributed by atoms with van der Waals surface area (Å²) in [6.07, 6.45) is 9.77. The third-order valence-electron chi connectivity index (χ3n) is 11.6. The predicted molar refractivity (Wildman–Crippen MR) is 223 cm³/mol. The number of thiazole rings is 1. The summed E-state index contributed by atoms with van der Waals surface area (Å²) in [6.45, 7) is 6.24. The topological polar surface area (TPSA) is 134 Å². The van der Waals surface area contributed by atoms with Crippen molar-refractivity contribution in [3.8, 4) is 5.75 Å². The molecule has 1 aliphatic rings. The number of aromatic amines is 1. The van der Waals surface area contributed by atoms with E-state index in [4.69, 9.17) is 14.7 Å². The van der Waals surface area contributed by atoms with Gasteiger partial charge in [0.15, 0.2) is 5.54 Å². The number of methoxy groups -OCH3 is 1. The number of ether oxygens (including phenoxy) is 1. The van der Waals surface area contributed by atoms with Gasteiger partial charge in [0.2, 0.25) is 0 Å². The van der Waals surface area contributed by atoms with Crippen LogP contribution in [0.2, 0.25) is 0 Å². The zero-order valence-corrected chi connectivity index (χ0v) is 33.5. The van der Waals surface area contributed by atoms with Gasteiger partial charge in [0.25, 0.3) is 5.91 Å². The lowest BCUT2D eigenvalue weighted by molar-refractivity contribution is -0.151. The Morgan fingerprint density at radius 1 is 0.845 bits per heavy atom. The van der Waals surface area contributed by atoms with Crippen LogP contribution in [-0.2, 0) is 15.6 Å². The van der Waals surface area contributed by atoms with Gasteiger partial charge in [-0.3, -0.25) is 14.8 Å². The van der Waals surface area contributed by atoms with E-state index in [-0.39, 0.29) is 17.4 Å². The lowest BCUT2D eigenvalue weighted by atomic mass is 9.54. The Morgan fingerprint density at radius 2 is 1.48 bits per heavy atom. The molecule has 292 valence electrons. The lowest BCUT2D eigenvalue weighted by Crippen LogP contribution is -2.62. The van der Waals surface area contributed by atoms with Gasteiger partial charge in [-0.05, 0) is 46.2 Å². The predicted octanol–water partition coefficient (Wildman–Crippen LogP) is 8.98. The molecule has 3 aromatic heterocycles. The monoisotopic (exact) mass is 788 g/mol. The molecule has 1 amide bonds. The smallest absolute Gasteiger partial charge is 0.330 e. The van der Waals surface area contributed by atoms with E-state index in [9.17, 15) is 5.11 Å². The van der Waals surface area contributed by atoms with Gasteiger partial charge in [0, 0.05) is 53.5 Å². The average molecular weight is 789 g/mol. The number of aromatic nitrogens is 5. The van der Waals surface area contributed by atoms with E-state index in [1.54, 1.807) is 61.5 Å². The van der Waals surface area contributed by atoms with E-state index < -0.39 is 40.7 Å². The number of rotatable bonds is 11. The summed E-state index contributed by atoms with van der Waals surface area (Å²) in [6, 6.07) is 34.4. The molecule has 11 heteroatoms. The second kappa shape index (κ2) is 15.5. The molecule has 2 N–H and O–H groups in total. The maximum absolute atomic E-state index is 16.0. The minimum atomic E-state index is -2.00. The summed E-state index contributed by atoms with van der Waals surface area (Å²) >= 11 is 1.38. The highest BCUT2D eigenvalue weighted by Gasteiger charge is 2.69. The Bertz CT molecular complexity index is 2380. The van der Waals surface area contributed by atoms with Gasteiger partial charge in [0.1, 0.15) is 10.8 Å². The fourth-order valence-corrected chi connectivity index (χ4v) is 10.0. The van der Waals surface area contributed by atoms with Crippen molar-refractivity contribution in [2.45, 2.75) is 61.4 Å². The van der Waals surface area contributed by atoms with Gasteiger partial charge < -0.3 is 19.7 Å². The van der Waals surface area contributed by atoms with Crippen molar-refractivity contribution < 1.29 is 19.4 Å². The number of H-pyrrole nitrogens is 1. The molecule has 7 aromatic rings. The van der Waals surface area contributed by atoms with Gasteiger partial charge in [-0.25, -0.2) is 14.8 Å². The van der Waals surface area contributed by atoms with Crippen LogP contribution in [-0.4, -0.2) is 59.5 Å². The number of hydrogen-bond donors (Lipinski definition) is 2. The minimum Gasteiger partial charge on any atom is -0.496 e. The minimum absolute atomic E-state index is 0.0356. The highest BCUT2D eigenvalue weighted by molar-refractivity contribution is 7.09. The van der Waals surface area contributed by atoms with E-state index in [1.165, 1.54) is 11.3 Å². The van der Waals surface area contributed by atoms with Crippen LogP contribution in [0.3, 0.4) is 0 Å². The fourth-order valence-electron chi connectivity index (χ4n) is 9.24. The number of carbonyl (C=O) groups is 2. The normalized spacial score (nSPS) is 18.8. The number of nitrogens with one attached hydrogen (secondary N) is 1. The van der Waals surface area contributed by atoms with Crippen LogP contribution in [0.5, 0.6) is 5.75 Å². The number of carboxylic acids is 1. The van der Waals surface area contributed by atoms with Gasteiger partial charge in [0.05, 0.1) is 36.5 Å². The Hall–Kier alpha value is -6.46. The summed E-state index contributed by atoms with van der Waals surface area (Å²) in [7, 11) is 1.58. The second-order valence-corrected chi connectivity index (χ2v) is 16.6. The third-order valence-corrected chi connectivity index (χ3v) is 12.4.